The van der Waals surface area contributed by atoms with Gasteiger partial charge in [-0.3, -0.25) is 14.4 Å². The summed E-state index contributed by atoms with van der Waals surface area (Å²) in [6.07, 6.45) is 1.13. The lowest BCUT2D eigenvalue weighted by molar-refractivity contribution is -0.139. The summed E-state index contributed by atoms with van der Waals surface area (Å²) < 4.78 is 0. The first-order valence-corrected chi connectivity index (χ1v) is 8.65. The molecule has 0 fully saturated rings. The van der Waals surface area contributed by atoms with Gasteiger partial charge >= 0.3 is 17.9 Å². The van der Waals surface area contributed by atoms with Crippen LogP contribution in [0, 0.1) is 0 Å². The van der Waals surface area contributed by atoms with E-state index < -0.39 is 44.0 Å². The predicted molar refractivity (Wildman–Crippen MR) is 82.2 cm³/mol. The molecule has 0 bridgehead atoms. The monoisotopic (exact) mass is 337 g/mol. The Hall–Kier alpha value is -1.28. The standard InChI is InChI=1S/C12H24N3O6P/c1-7(10(16)17)13-4-22(5-14-8(2)11(18)19)6-15-9(3)12(20)21/h7-9,13-15H,4-6H2,1-3H3,(H,16,17)(H,18,19)(H,20,21). The van der Waals surface area contributed by atoms with Crippen molar-refractivity contribution in [2.24, 2.45) is 0 Å². The zero-order valence-electron chi connectivity index (χ0n) is 12.9. The number of carboxylic acids is 3. The average Bonchev–Trinajstić information content (AvgIpc) is 2.44. The lowest BCUT2D eigenvalue weighted by Gasteiger charge is -2.23. The van der Waals surface area contributed by atoms with Crippen molar-refractivity contribution in [3.63, 3.8) is 0 Å². The second-order valence-corrected chi connectivity index (χ2v) is 7.23. The molecule has 22 heavy (non-hydrogen) atoms. The van der Waals surface area contributed by atoms with Crippen molar-refractivity contribution in [2.45, 2.75) is 38.9 Å². The van der Waals surface area contributed by atoms with E-state index in [0.717, 1.165) is 0 Å². The molecule has 6 N–H and O–H groups in total. The molecule has 0 radical (unpaired) electrons. The van der Waals surface area contributed by atoms with Crippen molar-refractivity contribution in [1.29, 1.82) is 0 Å². The number of carbonyl (C=O) groups is 3. The van der Waals surface area contributed by atoms with E-state index in [4.69, 9.17) is 15.3 Å². The fourth-order valence-corrected chi connectivity index (χ4v) is 3.16. The number of nitrogens with one attached hydrogen (secondary N) is 3. The minimum atomic E-state index is -0.978. The maximum Gasteiger partial charge on any atom is 0.320 e. The van der Waals surface area contributed by atoms with Gasteiger partial charge in [0.25, 0.3) is 0 Å². The molecular formula is C12H24N3O6P. The van der Waals surface area contributed by atoms with Gasteiger partial charge in [0, 0.05) is 18.9 Å². The zero-order valence-corrected chi connectivity index (χ0v) is 13.8. The van der Waals surface area contributed by atoms with Gasteiger partial charge in [-0.1, -0.05) is 7.92 Å². The first-order valence-electron chi connectivity index (χ1n) is 6.76. The Morgan fingerprint density at radius 3 is 1.14 bits per heavy atom. The molecular weight excluding hydrogens is 313 g/mol. The van der Waals surface area contributed by atoms with Gasteiger partial charge in [0.2, 0.25) is 0 Å². The third kappa shape index (κ3) is 8.89. The van der Waals surface area contributed by atoms with Crippen molar-refractivity contribution in [3.8, 4) is 0 Å². The Balaban J connectivity index is 4.44. The van der Waals surface area contributed by atoms with Crippen LogP contribution in [0.3, 0.4) is 0 Å². The van der Waals surface area contributed by atoms with Crippen LogP contribution < -0.4 is 16.0 Å². The van der Waals surface area contributed by atoms with Crippen molar-refractivity contribution >= 4 is 25.8 Å². The van der Waals surface area contributed by atoms with E-state index in [1.54, 1.807) is 0 Å². The lowest BCUT2D eigenvalue weighted by atomic mass is 10.4. The second-order valence-electron chi connectivity index (χ2n) is 4.94. The molecule has 0 aromatic carbocycles. The molecule has 0 saturated heterocycles. The van der Waals surface area contributed by atoms with Crippen LogP contribution in [0.2, 0.25) is 0 Å². The highest BCUT2D eigenvalue weighted by Gasteiger charge is 2.18. The normalized spacial score (nSPS) is 16.5. The highest BCUT2D eigenvalue weighted by atomic mass is 31.1. The topological polar surface area (TPSA) is 148 Å². The summed E-state index contributed by atoms with van der Waals surface area (Å²) in [6.45, 7) is 4.53. The van der Waals surface area contributed by atoms with E-state index in [2.05, 4.69) is 16.0 Å². The molecule has 0 saturated carbocycles. The molecule has 3 atom stereocenters. The number of rotatable bonds is 12. The molecule has 128 valence electrons. The van der Waals surface area contributed by atoms with Gasteiger partial charge in [-0.25, -0.2) is 0 Å². The van der Waals surface area contributed by atoms with Gasteiger partial charge in [-0.2, -0.15) is 0 Å². The van der Waals surface area contributed by atoms with Crippen molar-refractivity contribution in [2.75, 3.05) is 18.9 Å². The molecule has 0 aromatic rings. The smallest absolute Gasteiger partial charge is 0.320 e. The van der Waals surface area contributed by atoms with Crippen molar-refractivity contribution < 1.29 is 29.7 Å². The van der Waals surface area contributed by atoms with Gasteiger partial charge in [-0.05, 0) is 20.8 Å². The third-order valence-electron chi connectivity index (χ3n) is 2.97. The highest BCUT2D eigenvalue weighted by molar-refractivity contribution is 7.57. The highest BCUT2D eigenvalue weighted by Crippen LogP contribution is 2.31. The maximum absolute atomic E-state index is 10.8. The minimum Gasteiger partial charge on any atom is -0.480 e. The third-order valence-corrected chi connectivity index (χ3v) is 4.86. The molecule has 0 heterocycles. The van der Waals surface area contributed by atoms with Crippen molar-refractivity contribution in [1.82, 2.24) is 16.0 Å². The number of carboxylic acid groups (broad SMARTS) is 3. The van der Waals surface area contributed by atoms with Gasteiger partial charge < -0.3 is 31.3 Å². The molecule has 0 aliphatic rings. The number of aliphatic carboxylic acids is 3. The molecule has 0 spiro atoms. The molecule has 9 nitrogen and oxygen atoms in total. The van der Waals surface area contributed by atoms with Crippen LogP contribution in [-0.4, -0.2) is 70.2 Å². The summed E-state index contributed by atoms with van der Waals surface area (Å²) in [5.41, 5.74) is 0. The predicted octanol–water partition coefficient (Wildman–Crippen LogP) is -0.471. The summed E-state index contributed by atoms with van der Waals surface area (Å²) in [4.78, 5) is 32.3. The Bertz CT molecular complexity index is 338. The lowest BCUT2D eigenvalue weighted by Crippen LogP contribution is -2.40. The first-order chi connectivity index (χ1) is 10.1. The second kappa shape index (κ2) is 10.4. The summed E-state index contributed by atoms with van der Waals surface area (Å²) in [5.74, 6) is -2.93. The van der Waals surface area contributed by atoms with Gasteiger partial charge in [0.15, 0.2) is 0 Å². The average molecular weight is 337 g/mol. The molecule has 10 heteroatoms. The van der Waals surface area contributed by atoms with E-state index in [9.17, 15) is 14.4 Å². The maximum atomic E-state index is 10.8. The minimum absolute atomic E-state index is 0.376. The first kappa shape index (κ1) is 20.7. The number of hydrogen-bond donors (Lipinski definition) is 6. The summed E-state index contributed by atoms with van der Waals surface area (Å²) >= 11 is 0. The van der Waals surface area contributed by atoms with Gasteiger partial charge in [0.05, 0.1) is 0 Å². The summed E-state index contributed by atoms with van der Waals surface area (Å²) in [6, 6.07) is -2.17. The Labute approximate surface area is 130 Å². The fraction of sp³-hybridized carbons (Fsp3) is 0.750. The SMILES string of the molecule is CC(NCP(CNC(C)C(=O)O)CNC(C)C(=O)O)C(=O)O. The Kier molecular flexibility index (Phi) is 9.84. The Morgan fingerprint density at radius 2 is 0.955 bits per heavy atom. The summed E-state index contributed by atoms with van der Waals surface area (Å²) in [5, 5.41) is 35.0. The summed E-state index contributed by atoms with van der Waals surface area (Å²) in [7, 11) is -0.856. The van der Waals surface area contributed by atoms with E-state index in [1.165, 1.54) is 20.8 Å². The molecule has 3 unspecified atom stereocenters. The van der Waals surface area contributed by atoms with E-state index in [1.807, 2.05) is 0 Å². The van der Waals surface area contributed by atoms with Crippen LogP contribution in [0.1, 0.15) is 20.8 Å². The molecule has 0 rings (SSSR count). The van der Waals surface area contributed by atoms with E-state index in [-0.39, 0.29) is 0 Å². The molecule has 0 aliphatic carbocycles. The molecule has 0 aliphatic heterocycles. The Morgan fingerprint density at radius 1 is 0.727 bits per heavy atom. The fourth-order valence-electron chi connectivity index (χ4n) is 1.23. The van der Waals surface area contributed by atoms with Crippen LogP contribution in [0.25, 0.3) is 0 Å². The van der Waals surface area contributed by atoms with Gasteiger partial charge in [-0.15, -0.1) is 0 Å². The van der Waals surface area contributed by atoms with Crippen molar-refractivity contribution in [3.05, 3.63) is 0 Å². The van der Waals surface area contributed by atoms with Crippen LogP contribution in [0.5, 0.6) is 0 Å². The van der Waals surface area contributed by atoms with E-state index in [0.29, 0.717) is 18.9 Å². The zero-order chi connectivity index (χ0) is 17.3. The van der Waals surface area contributed by atoms with E-state index >= 15 is 0 Å². The van der Waals surface area contributed by atoms with Gasteiger partial charge in [0.1, 0.15) is 18.1 Å². The number of hydrogen-bond acceptors (Lipinski definition) is 6. The van der Waals surface area contributed by atoms with Crippen LogP contribution in [0.15, 0.2) is 0 Å². The van der Waals surface area contributed by atoms with Crippen LogP contribution in [0.4, 0.5) is 0 Å². The largest absolute Gasteiger partial charge is 0.480 e. The molecule has 0 aromatic heterocycles. The van der Waals surface area contributed by atoms with Crippen LogP contribution in [-0.2, 0) is 14.4 Å². The molecule has 0 amide bonds. The van der Waals surface area contributed by atoms with Crippen LogP contribution >= 0.6 is 7.92 Å². The quantitative estimate of drug-likeness (QED) is 0.260.